The number of aromatic nitrogens is 2. The highest BCUT2D eigenvalue weighted by Gasteiger charge is 2.18. The SMILES string of the molecule is COc1ccc(CN(C)Cc2ncc[nH]2)c(OC[C@H](O)CN2CCN(C)CC2)c1. The van der Waals surface area contributed by atoms with Gasteiger partial charge in [-0.1, -0.05) is 6.07 Å². The number of hydrogen-bond acceptors (Lipinski definition) is 7. The topological polar surface area (TPSA) is 77.1 Å². The molecule has 2 heterocycles. The molecule has 3 rings (SSSR count). The number of H-pyrrole nitrogens is 1. The van der Waals surface area contributed by atoms with Crippen molar-refractivity contribution in [3.05, 3.63) is 42.0 Å². The molecule has 1 aliphatic heterocycles. The second-order valence-electron chi connectivity index (χ2n) is 7.75. The third kappa shape index (κ3) is 6.71. The Balaban J connectivity index is 1.56. The Morgan fingerprint density at radius 2 is 2.03 bits per heavy atom. The minimum absolute atomic E-state index is 0.258. The van der Waals surface area contributed by atoms with Gasteiger partial charge in [0.05, 0.1) is 13.7 Å². The number of rotatable bonds is 10. The number of aromatic amines is 1. The van der Waals surface area contributed by atoms with Crippen LogP contribution < -0.4 is 9.47 Å². The molecule has 0 bridgehead atoms. The lowest BCUT2D eigenvalue weighted by Gasteiger charge is -2.33. The molecule has 1 atom stereocenters. The van der Waals surface area contributed by atoms with Gasteiger partial charge in [0, 0.05) is 63.3 Å². The first-order chi connectivity index (χ1) is 14.0. The highest BCUT2D eigenvalue weighted by molar-refractivity contribution is 5.40. The quantitative estimate of drug-likeness (QED) is 0.614. The van der Waals surface area contributed by atoms with E-state index in [1.54, 1.807) is 13.3 Å². The fourth-order valence-corrected chi connectivity index (χ4v) is 3.48. The van der Waals surface area contributed by atoms with Gasteiger partial charge < -0.3 is 24.5 Å². The summed E-state index contributed by atoms with van der Waals surface area (Å²) in [4.78, 5) is 14.2. The third-order valence-electron chi connectivity index (χ3n) is 5.19. The van der Waals surface area contributed by atoms with Gasteiger partial charge in [0.15, 0.2) is 0 Å². The van der Waals surface area contributed by atoms with Gasteiger partial charge in [0.25, 0.3) is 0 Å². The van der Waals surface area contributed by atoms with Crippen molar-refractivity contribution in [2.24, 2.45) is 0 Å². The van der Waals surface area contributed by atoms with E-state index in [9.17, 15) is 5.11 Å². The van der Waals surface area contributed by atoms with Gasteiger partial charge in [-0.2, -0.15) is 0 Å². The van der Waals surface area contributed by atoms with Crippen LogP contribution in [0.15, 0.2) is 30.6 Å². The first-order valence-corrected chi connectivity index (χ1v) is 10.1. The van der Waals surface area contributed by atoms with Crippen molar-refractivity contribution >= 4 is 0 Å². The molecule has 8 nitrogen and oxygen atoms in total. The molecule has 2 aromatic rings. The van der Waals surface area contributed by atoms with Crippen LogP contribution >= 0.6 is 0 Å². The third-order valence-corrected chi connectivity index (χ3v) is 5.19. The average molecular weight is 404 g/mol. The molecule has 1 saturated heterocycles. The van der Waals surface area contributed by atoms with Crippen LogP contribution in [0.1, 0.15) is 11.4 Å². The lowest BCUT2D eigenvalue weighted by Crippen LogP contribution is -2.47. The summed E-state index contributed by atoms with van der Waals surface area (Å²) in [6.07, 6.45) is 3.05. The highest BCUT2D eigenvalue weighted by atomic mass is 16.5. The minimum atomic E-state index is -0.529. The number of ether oxygens (including phenoxy) is 2. The summed E-state index contributed by atoms with van der Waals surface area (Å²) in [6, 6.07) is 5.84. The molecule has 0 saturated carbocycles. The van der Waals surface area contributed by atoms with Crippen LogP contribution in [0.4, 0.5) is 0 Å². The van der Waals surface area contributed by atoms with Gasteiger partial charge >= 0.3 is 0 Å². The first-order valence-electron chi connectivity index (χ1n) is 10.1. The first kappa shape index (κ1) is 21.6. The van der Waals surface area contributed by atoms with Gasteiger partial charge in [-0.05, 0) is 20.2 Å². The summed E-state index contributed by atoms with van der Waals surface area (Å²) < 4.78 is 11.4. The summed E-state index contributed by atoms with van der Waals surface area (Å²) in [5.41, 5.74) is 1.05. The van der Waals surface area contributed by atoms with E-state index >= 15 is 0 Å². The zero-order valence-electron chi connectivity index (χ0n) is 17.7. The lowest BCUT2D eigenvalue weighted by molar-refractivity contribution is 0.0500. The summed E-state index contributed by atoms with van der Waals surface area (Å²) >= 11 is 0. The number of hydrogen-bond donors (Lipinski definition) is 2. The number of likely N-dealkylation sites (N-methyl/N-ethyl adjacent to an activating group) is 1. The van der Waals surface area contributed by atoms with E-state index in [4.69, 9.17) is 9.47 Å². The van der Waals surface area contributed by atoms with Crippen LogP contribution in [0.2, 0.25) is 0 Å². The second kappa shape index (κ2) is 10.6. The summed E-state index contributed by atoms with van der Waals surface area (Å²) in [5, 5.41) is 10.5. The van der Waals surface area contributed by atoms with Crippen LogP contribution in [0.3, 0.4) is 0 Å². The van der Waals surface area contributed by atoms with E-state index < -0.39 is 6.10 Å². The molecule has 1 aromatic carbocycles. The Morgan fingerprint density at radius 3 is 2.72 bits per heavy atom. The largest absolute Gasteiger partial charge is 0.497 e. The van der Waals surface area contributed by atoms with E-state index in [-0.39, 0.29) is 6.61 Å². The van der Waals surface area contributed by atoms with Crippen molar-refractivity contribution < 1.29 is 14.6 Å². The normalized spacial score (nSPS) is 16.9. The fraction of sp³-hybridized carbons (Fsp3) is 0.571. The maximum absolute atomic E-state index is 10.5. The van der Waals surface area contributed by atoms with E-state index in [1.165, 1.54) is 0 Å². The van der Waals surface area contributed by atoms with Crippen LogP contribution in [-0.2, 0) is 13.1 Å². The predicted octanol–water partition coefficient (Wildman–Crippen LogP) is 1.04. The Labute approximate surface area is 173 Å². The monoisotopic (exact) mass is 403 g/mol. The Kier molecular flexibility index (Phi) is 7.88. The number of aliphatic hydroxyl groups is 1. The van der Waals surface area contributed by atoms with E-state index in [2.05, 4.69) is 31.7 Å². The molecule has 8 heteroatoms. The fourth-order valence-electron chi connectivity index (χ4n) is 3.48. The second-order valence-corrected chi connectivity index (χ2v) is 7.75. The Hall–Kier alpha value is -2.13. The molecule has 2 N–H and O–H groups in total. The summed E-state index contributed by atoms with van der Waals surface area (Å²) in [7, 11) is 5.81. The van der Waals surface area contributed by atoms with Crippen LogP contribution in [0.5, 0.6) is 11.5 Å². The molecule has 0 spiro atoms. The number of nitrogens with one attached hydrogen (secondary N) is 1. The molecule has 1 aromatic heterocycles. The zero-order chi connectivity index (χ0) is 20.6. The zero-order valence-corrected chi connectivity index (χ0v) is 17.7. The minimum Gasteiger partial charge on any atom is -0.497 e. The number of methoxy groups -OCH3 is 1. The van der Waals surface area contributed by atoms with Crippen LogP contribution in [0, 0.1) is 0 Å². The average Bonchev–Trinajstić information content (AvgIpc) is 3.22. The van der Waals surface area contributed by atoms with E-state index in [1.807, 2.05) is 31.4 Å². The molecule has 29 heavy (non-hydrogen) atoms. The standard InChI is InChI=1S/C21H33N5O3/c1-24-8-10-26(11-9-24)14-18(27)16-29-20-12-19(28-3)5-4-17(20)13-25(2)15-21-22-6-7-23-21/h4-7,12,18,27H,8-11,13-16H2,1-3H3,(H,22,23)/t18-/m1/s1. The molecular weight excluding hydrogens is 370 g/mol. The molecule has 0 radical (unpaired) electrons. The number of imidazole rings is 1. The Bertz CT molecular complexity index is 732. The Morgan fingerprint density at radius 1 is 1.24 bits per heavy atom. The van der Waals surface area contributed by atoms with Crippen molar-refractivity contribution in [1.82, 2.24) is 24.7 Å². The highest BCUT2D eigenvalue weighted by Crippen LogP contribution is 2.26. The smallest absolute Gasteiger partial charge is 0.127 e. The van der Waals surface area contributed by atoms with Crippen molar-refractivity contribution in [2.75, 3.05) is 60.5 Å². The predicted molar refractivity (Wildman–Crippen MR) is 112 cm³/mol. The van der Waals surface area contributed by atoms with Gasteiger partial charge in [-0.3, -0.25) is 9.80 Å². The summed E-state index contributed by atoms with van der Waals surface area (Å²) in [6.45, 7) is 6.34. The maximum Gasteiger partial charge on any atom is 0.127 e. The molecule has 0 amide bonds. The van der Waals surface area contributed by atoms with Gasteiger partial charge in [0.1, 0.15) is 30.0 Å². The number of benzene rings is 1. The van der Waals surface area contributed by atoms with Gasteiger partial charge in [0.2, 0.25) is 0 Å². The van der Waals surface area contributed by atoms with Crippen molar-refractivity contribution in [3.63, 3.8) is 0 Å². The van der Waals surface area contributed by atoms with Gasteiger partial charge in [-0.15, -0.1) is 0 Å². The number of β-amino-alcohol motifs (C(OH)–C–C–N with tert-alkyl or cyclic N) is 1. The molecule has 160 valence electrons. The van der Waals surface area contributed by atoms with Crippen molar-refractivity contribution in [3.8, 4) is 11.5 Å². The number of piperazine rings is 1. The number of nitrogens with zero attached hydrogens (tertiary/aromatic N) is 4. The van der Waals surface area contributed by atoms with Gasteiger partial charge in [-0.25, -0.2) is 4.98 Å². The molecule has 1 fully saturated rings. The van der Waals surface area contributed by atoms with Crippen LogP contribution in [-0.4, -0.2) is 96.4 Å². The van der Waals surface area contributed by atoms with E-state index in [0.29, 0.717) is 19.6 Å². The maximum atomic E-state index is 10.5. The molecule has 0 unspecified atom stereocenters. The number of aliphatic hydroxyl groups excluding tert-OH is 1. The molecule has 1 aliphatic rings. The van der Waals surface area contributed by atoms with Crippen molar-refractivity contribution in [1.29, 1.82) is 0 Å². The lowest BCUT2D eigenvalue weighted by atomic mass is 10.1. The summed E-state index contributed by atoms with van der Waals surface area (Å²) in [5.74, 6) is 2.41. The van der Waals surface area contributed by atoms with Crippen molar-refractivity contribution in [2.45, 2.75) is 19.2 Å². The molecular formula is C21H33N5O3. The van der Waals surface area contributed by atoms with E-state index in [0.717, 1.165) is 49.1 Å². The molecule has 0 aliphatic carbocycles. The van der Waals surface area contributed by atoms with Crippen LogP contribution in [0.25, 0.3) is 0 Å².